The third kappa shape index (κ3) is 5.08. The molecule has 1 aliphatic rings. The molecule has 2 N–H and O–H groups in total. The normalized spacial score (nSPS) is 25.8. The van der Waals surface area contributed by atoms with E-state index in [0.717, 1.165) is 19.3 Å². The zero-order chi connectivity index (χ0) is 18.8. The summed E-state index contributed by atoms with van der Waals surface area (Å²) >= 11 is 0. The van der Waals surface area contributed by atoms with Gasteiger partial charge in [0, 0.05) is 0 Å². The van der Waals surface area contributed by atoms with Crippen molar-refractivity contribution in [1.29, 1.82) is 0 Å². The molecule has 1 rings (SSSR count). The van der Waals surface area contributed by atoms with E-state index in [2.05, 4.69) is 6.92 Å². The van der Waals surface area contributed by atoms with Crippen LogP contribution in [0.4, 0.5) is 0 Å². The number of carboxylic acid groups (broad SMARTS) is 2. The summed E-state index contributed by atoms with van der Waals surface area (Å²) in [7, 11) is 0. The summed E-state index contributed by atoms with van der Waals surface area (Å²) in [5, 5.41) is 19.9. The highest BCUT2D eigenvalue weighted by Crippen LogP contribution is 2.54. The second-order valence-electron chi connectivity index (χ2n) is 7.63. The zero-order valence-corrected chi connectivity index (χ0v) is 16.1. The van der Waals surface area contributed by atoms with Crippen LogP contribution in [0.15, 0.2) is 12.2 Å². The average Bonchev–Trinajstić information content (AvgIpc) is 2.58. The number of aliphatic carboxylic acids is 2. The van der Waals surface area contributed by atoms with Gasteiger partial charge in [0.05, 0.1) is 10.8 Å². The van der Waals surface area contributed by atoms with Crippen molar-refractivity contribution in [3.8, 4) is 0 Å². The van der Waals surface area contributed by atoms with E-state index >= 15 is 0 Å². The Morgan fingerprint density at radius 2 is 1.16 bits per heavy atom. The summed E-state index contributed by atoms with van der Waals surface area (Å²) < 4.78 is 0. The first-order valence-electron chi connectivity index (χ1n) is 10.1. The first-order chi connectivity index (χ1) is 12.0. The highest BCUT2D eigenvalue weighted by atomic mass is 16.4. The number of unbranched alkanes of at least 4 members (excludes halogenated alkanes) is 7. The quantitative estimate of drug-likeness (QED) is 0.324. The molecule has 0 aromatic carbocycles. The maximum absolute atomic E-state index is 12.2. The number of carbonyl (C=O) groups is 2. The smallest absolute Gasteiger partial charge is 0.311 e. The minimum atomic E-state index is -1.16. The molecule has 0 heterocycles. The molecule has 0 bridgehead atoms. The van der Waals surface area contributed by atoms with E-state index < -0.39 is 22.8 Å². The van der Waals surface area contributed by atoms with Crippen molar-refractivity contribution < 1.29 is 19.8 Å². The summed E-state index contributed by atoms with van der Waals surface area (Å²) in [4.78, 5) is 24.3. The summed E-state index contributed by atoms with van der Waals surface area (Å²) in [5.74, 6) is -1.88. The van der Waals surface area contributed by atoms with E-state index in [1.54, 1.807) is 0 Å². The highest BCUT2D eigenvalue weighted by molar-refractivity contribution is 5.87. The summed E-state index contributed by atoms with van der Waals surface area (Å²) in [6.45, 7) is 4.14. The van der Waals surface area contributed by atoms with Gasteiger partial charge in [0.1, 0.15) is 0 Å². The van der Waals surface area contributed by atoms with E-state index in [1.165, 1.54) is 32.1 Å². The second kappa shape index (κ2) is 10.6. The molecule has 0 saturated heterocycles. The molecule has 0 aromatic heterocycles. The molecule has 0 amide bonds. The Balaban J connectivity index is 2.72. The van der Waals surface area contributed by atoms with Crippen LogP contribution < -0.4 is 0 Å². The monoisotopic (exact) mass is 352 g/mol. The Kier molecular flexibility index (Phi) is 9.23. The lowest BCUT2D eigenvalue weighted by Gasteiger charge is -2.46. The molecule has 1 aliphatic carbocycles. The van der Waals surface area contributed by atoms with Crippen molar-refractivity contribution in [2.24, 2.45) is 10.8 Å². The molecule has 0 aromatic rings. The molecule has 2 atom stereocenters. The fourth-order valence-electron chi connectivity index (χ4n) is 4.43. The second-order valence-corrected chi connectivity index (χ2v) is 7.63. The summed E-state index contributed by atoms with van der Waals surface area (Å²) in [6.07, 6.45) is 15.1. The minimum absolute atomic E-state index is 0.333. The molecule has 0 aliphatic heterocycles. The maximum atomic E-state index is 12.2. The van der Waals surface area contributed by atoms with E-state index in [9.17, 15) is 19.8 Å². The molecular weight excluding hydrogens is 316 g/mol. The standard InChI is InChI=1S/C21H36O4/c1-3-5-6-7-8-9-10-11-15-21(19(24)25)17-13-12-16-20(21,14-4-2)18(22)23/h12-13H,3-11,14-17H2,1-2H3,(H,22,23)(H,24,25). The van der Waals surface area contributed by atoms with E-state index in [-0.39, 0.29) is 0 Å². The van der Waals surface area contributed by atoms with Crippen molar-refractivity contribution in [3.63, 3.8) is 0 Å². The fraction of sp³-hybridized carbons (Fsp3) is 0.810. The minimum Gasteiger partial charge on any atom is -0.481 e. The van der Waals surface area contributed by atoms with E-state index in [4.69, 9.17) is 0 Å². The number of carboxylic acids is 2. The topological polar surface area (TPSA) is 74.6 Å². The molecule has 4 nitrogen and oxygen atoms in total. The van der Waals surface area contributed by atoms with Crippen molar-refractivity contribution in [2.45, 2.75) is 97.3 Å². The van der Waals surface area contributed by atoms with Gasteiger partial charge in [-0.05, 0) is 25.7 Å². The molecule has 0 radical (unpaired) electrons. The van der Waals surface area contributed by atoms with Gasteiger partial charge >= 0.3 is 11.9 Å². The first kappa shape index (κ1) is 21.7. The van der Waals surface area contributed by atoms with Crippen LogP contribution in [0.2, 0.25) is 0 Å². The molecule has 2 unspecified atom stereocenters. The van der Waals surface area contributed by atoms with Gasteiger partial charge in [-0.25, -0.2) is 0 Å². The van der Waals surface area contributed by atoms with Gasteiger partial charge < -0.3 is 10.2 Å². The lowest BCUT2D eigenvalue weighted by atomic mass is 9.54. The van der Waals surface area contributed by atoms with Crippen molar-refractivity contribution in [2.75, 3.05) is 0 Å². The van der Waals surface area contributed by atoms with Gasteiger partial charge in [-0.1, -0.05) is 83.8 Å². The van der Waals surface area contributed by atoms with Crippen LogP contribution in [0.1, 0.15) is 97.3 Å². The van der Waals surface area contributed by atoms with Crippen LogP contribution in [0.5, 0.6) is 0 Å². The predicted octanol–water partition coefficient (Wildman–Crippen LogP) is 5.81. The lowest BCUT2D eigenvalue weighted by molar-refractivity contribution is -0.177. The van der Waals surface area contributed by atoms with Gasteiger partial charge in [-0.2, -0.15) is 0 Å². The largest absolute Gasteiger partial charge is 0.481 e. The van der Waals surface area contributed by atoms with Crippen LogP contribution in [0.25, 0.3) is 0 Å². The Bertz CT molecular complexity index is 457. The van der Waals surface area contributed by atoms with Crippen molar-refractivity contribution in [1.82, 2.24) is 0 Å². The first-order valence-corrected chi connectivity index (χ1v) is 10.1. The Morgan fingerprint density at radius 3 is 1.60 bits per heavy atom. The molecule has 144 valence electrons. The van der Waals surface area contributed by atoms with Gasteiger partial charge in [0.2, 0.25) is 0 Å². The zero-order valence-electron chi connectivity index (χ0n) is 16.1. The maximum Gasteiger partial charge on any atom is 0.311 e. The number of allylic oxidation sites excluding steroid dienone is 2. The van der Waals surface area contributed by atoms with Gasteiger partial charge in [-0.15, -0.1) is 0 Å². The summed E-state index contributed by atoms with van der Waals surface area (Å²) in [5.41, 5.74) is -2.32. The molecule has 0 fully saturated rings. The van der Waals surface area contributed by atoms with Crippen LogP contribution in [0.3, 0.4) is 0 Å². The third-order valence-corrected chi connectivity index (χ3v) is 5.97. The van der Waals surface area contributed by atoms with Crippen molar-refractivity contribution in [3.05, 3.63) is 12.2 Å². The Labute approximate surface area is 152 Å². The van der Waals surface area contributed by atoms with Crippen LogP contribution in [0, 0.1) is 10.8 Å². The lowest BCUT2D eigenvalue weighted by Crippen LogP contribution is -2.53. The summed E-state index contributed by atoms with van der Waals surface area (Å²) in [6, 6.07) is 0. The van der Waals surface area contributed by atoms with E-state index in [1.807, 2.05) is 19.1 Å². The SMILES string of the molecule is CCCCCCCCCCC1(C(=O)O)CC=CCC1(CCC)C(=O)O. The average molecular weight is 353 g/mol. The molecule has 0 saturated carbocycles. The Morgan fingerprint density at radius 1 is 0.720 bits per heavy atom. The third-order valence-electron chi connectivity index (χ3n) is 5.97. The molecule has 4 heteroatoms. The predicted molar refractivity (Wildman–Crippen MR) is 101 cm³/mol. The van der Waals surface area contributed by atoms with Gasteiger partial charge in [0.15, 0.2) is 0 Å². The fourth-order valence-corrected chi connectivity index (χ4v) is 4.43. The molecule has 0 spiro atoms. The number of hydrogen-bond acceptors (Lipinski definition) is 2. The molecule has 25 heavy (non-hydrogen) atoms. The molecular formula is C21H36O4. The van der Waals surface area contributed by atoms with E-state index in [0.29, 0.717) is 32.1 Å². The van der Waals surface area contributed by atoms with Gasteiger partial charge in [0.25, 0.3) is 0 Å². The van der Waals surface area contributed by atoms with Crippen LogP contribution in [-0.2, 0) is 9.59 Å². The highest BCUT2D eigenvalue weighted by Gasteiger charge is 2.60. The van der Waals surface area contributed by atoms with Crippen molar-refractivity contribution >= 4 is 11.9 Å². The number of rotatable bonds is 13. The Hall–Kier alpha value is -1.32. The van der Waals surface area contributed by atoms with Gasteiger partial charge in [-0.3, -0.25) is 9.59 Å². The van der Waals surface area contributed by atoms with Crippen LogP contribution in [-0.4, -0.2) is 22.2 Å². The van der Waals surface area contributed by atoms with Crippen LogP contribution >= 0.6 is 0 Å². The number of hydrogen-bond donors (Lipinski definition) is 2.